The number of aromatic amines is 1. The summed E-state index contributed by atoms with van der Waals surface area (Å²) in [5.41, 5.74) is 3.59. The van der Waals surface area contributed by atoms with Crippen LogP contribution in [0.1, 0.15) is 5.56 Å². The van der Waals surface area contributed by atoms with Gasteiger partial charge in [-0.1, -0.05) is 6.07 Å². The molecule has 224 valence electrons. The van der Waals surface area contributed by atoms with E-state index >= 15 is 0 Å². The van der Waals surface area contributed by atoms with Crippen molar-refractivity contribution in [2.24, 2.45) is 0 Å². The summed E-state index contributed by atoms with van der Waals surface area (Å²) in [4.78, 5) is 24.7. The second-order valence-corrected chi connectivity index (χ2v) is 10.2. The molecule has 0 saturated carbocycles. The molecule has 2 amide bonds. The maximum atomic E-state index is 13.1. The molecule has 0 bridgehead atoms. The number of fused-ring (bicyclic) bond motifs is 2. The minimum Gasteiger partial charge on any atom is -0.493 e. The minimum absolute atomic E-state index is 0.185. The number of hydrogen-bond donors (Lipinski definition) is 2. The lowest BCUT2D eigenvalue weighted by atomic mass is 10.1. The number of carbonyl (C=O) groups is 1. The van der Waals surface area contributed by atoms with Crippen molar-refractivity contribution in [2.45, 2.75) is 0 Å². The molecule has 0 radical (unpaired) electrons. The Labute approximate surface area is 254 Å². The summed E-state index contributed by atoms with van der Waals surface area (Å²) in [6.07, 6.45) is 3.46. The lowest BCUT2D eigenvalue weighted by molar-refractivity contribution is 0.144. The average Bonchev–Trinajstić information content (AvgIpc) is 3.55. The van der Waals surface area contributed by atoms with Crippen LogP contribution in [-0.2, 0) is 4.74 Å². The summed E-state index contributed by atoms with van der Waals surface area (Å²) >= 11 is 0. The molecule has 0 atom stereocenters. The Morgan fingerprint density at radius 2 is 1.80 bits per heavy atom. The molecule has 11 nitrogen and oxygen atoms in total. The van der Waals surface area contributed by atoms with Gasteiger partial charge < -0.3 is 39.0 Å². The van der Waals surface area contributed by atoms with Crippen LogP contribution in [0.5, 0.6) is 23.0 Å². The number of H-pyrrole nitrogens is 1. The zero-order valence-electron chi connectivity index (χ0n) is 24.5. The van der Waals surface area contributed by atoms with Crippen LogP contribution in [0.3, 0.4) is 0 Å². The maximum Gasteiger partial charge on any atom is 0.321 e. The SMILES string of the molecule is COCCOc1cc2ncc(C#N)c(N3CCN(C(=O)Nc4ccc(Oc5cccc6[nH]ccc56)cc4)CC3)c2cc1OC. The van der Waals surface area contributed by atoms with Crippen LogP contribution in [0.2, 0.25) is 0 Å². The monoisotopic (exact) mass is 592 g/mol. The Balaban J connectivity index is 1.11. The van der Waals surface area contributed by atoms with Crippen molar-refractivity contribution in [1.82, 2.24) is 14.9 Å². The zero-order chi connectivity index (χ0) is 30.5. The van der Waals surface area contributed by atoms with E-state index in [1.807, 2.05) is 66.9 Å². The minimum atomic E-state index is -0.185. The molecule has 2 aromatic heterocycles. The smallest absolute Gasteiger partial charge is 0.321 e. The number of carbonyl (C=O) groups excluding carboxylic acids is 1. The number of benzene rings is 3. The van der Waals surface area contributed by atoms with Gasteiger partial charge in [0.2, 0.25) is 0 Å². The third-order valence-corrected chi connectivity index (χ3v) is 7.56. The normalized spacial score (nSPS) is 13.1. The first-order chi connectivity index (χ1) is 21.6. The highest BCUT2D eigenvalue weighted by atomic mass is 16.5. The van der Waals surface area contributed by atoms with E-state index in [1.54, 1.807) is 25.3 Å². The summed E-state index contributed by atoms with van der Waals surface area (Å²) in [5, 5.41) is 14.7. The molecule has 3 aromatic carbocycles. The van der Waals surface area contributed by atoms with Crippen molar-refractivity contribution in [3.8, 4) is 29.1 Å². The molecule has 1 aliphatic rings. The fourth-order valence-corrected chi connectivity index (χ4v) is 5.33. The van der Waals surface area contributed by atoms with E-state index in [4.69, 9.17) is 18.9 Å². The third-order valence-electron chi connectivity index (χ3n) is 7.56. The number of rotatable bonds is 9. The Bertz CT molecular complexity index is 1820. The van der Waals surface area contributed by atoms with Gasteiger partial charge in [-0.3, -0.25) is 4.98 Å². The highest BCUT2D eigenvalue weighted by Gasteiger charge is 2.25. The van der Waals surface area contributed by atoms with Gasteiger partial charge in [0.05, 0.1) is 30.5 Å². The number of aromatic nitrogens is 2. The van der Waals surface area contributed by atoms with Gasteiger partial charge in [0.1, 0.15) is 24.2 Å². The van der Waals surface area contributed by atoms with E-state index < -0.39 is 0 Å². The van der Waals surface area contributed by atoms with Gasteiger partial charge in [0.25, 0.3) is 0 Å². The first-order valence-corrected chi connectivity index (χ1v) is 14.3. The number of anilines is 2. The molecule has 6 rings (SSSR count). The summed E-state index contributed by atoms with van der Waals surface area (Å²) in [5.74, 6) is 2.53. The van der Waals surface area contributed by atoms with E-state index in [1.165, 1.54) is 0 Å². The maximum absolute atomic E-state index is 13.1. The first-order valence-electron chi connectivity index (χ1n) is 14.3. The number of urea groups is 1. The van der Waals surface area contributed by atoms with Crippen LogP contribution in [0.25, 0.3) is 21.8 Å². The molecule has 44 heavy (non-hydrogen) atoms. The molecule has 3 heterocycles. The van der Waals surface area contributed by atoms with Gasteiger partial charge in [-0.05, 0) is 48.5 Å². The molecule has 1 fully saturated rings. The van der Waals surface area contributed by atoms with Crippen molar-refractivity contribution in [3.05, 3.63) is 78.6 Å². The topological polar surface area (TPSA) is 125 Å². The molecule has 5 aromatic rings. The molecule has 11 heteroatoms. The Morgan fingerprint density at radius 1 is 0.977 bits per heavy atom. The van der Waals surface area contributed by atoms with Crippen LogP contribution >= 0.6 is 0 Å². The van der Waals surface area contributed by atoms with Crippen LogP contribution in [-0.4, -0.2) is 74.5 Å². The van der Waals surface area contributed by atoms with Gasteiger partial charge in [0.15, 0.2) is 11.5 Å². The van der Waals surface area contributed by atoms with Gasteiger partial charge in [-0.15, -0.1) is 0 Å². The number of methoxy groups -OCH3 is 2. The lowest BCUT2D eigenvalue weighted by Gasteiger charge is -2.36. The van der Waals surface area contributed by atoms with Crippen LogP contribution in [0.15, 0.2) is 73.1 Å². The van der Waals surface area contributed by atoms with E-state index in [9.17, 15) is 10.1 Å². The first kappa shape index (κ1) is 28.6. The average molecular weight is 593 g/mol. The summed E-state index contributed by atoms with van der Waals surface area (Å²) in [6, 6.07) is 20.9. The van der Waals surface area contributed by atoms with Crippen LogP contribution in [0.4, 0.5) is 16.2 Å². The molecule has 0 unspecified atom stereocenters. The van der Waals surface area contributed by atoms with Crippen molar-refractivity contribution in [3.63, 3.8) is 0 Å². The number of pyridine rings is 1. The quantitative estimate of drug-likeness (QED) is 0.207. The van der Waals surface area contributed by atoms with E-state index in [2.05, 4.69) is 26.3 Å². The van der Waals surface area contributed by atoms with Crippen molar-refractivity contribution < 1.29 is 23.7 Å². The Morgan fingerprint density at radius 3 is 2.55 bits per heavy atom. The fourth-order valence-electron chi connectivity index (χ4n) is 5.33. The number of piperazine rings is 1. The third kappa shape index (κ3) is 5.88. The number of nitrogens with one attached hydrogen (secondary N) is 2. The highest BCUT2D eigenvalue weighted by molar-refractivity contribution is 5.97. The highest BCUT2D eigenvalue weighted by Crippen LogP contribution is 2.38. The summed E-state index contributed by atoms with van der Waals surface area (Å²) in [7, 11) is 3.19. The molecule has 0 aliphatic carbocycles. The summed E-state index contributed by atoms with van der Waals surface area (Å²) < 4.78 is 22.6. The molecule has 0 spiro atoms. The largest absolute Gasteiger partial charge is 0.493 e. The van der Waals surface area contributed by atoms with Gasteiger partial charge in [-0.25, -0.2) is 4.79 Å². The van der Waals surface area contributed by atoms with Gasteiger partial charge >= 0.3 is 6.03 Å². The molecular formula is C33H32N6O5. The Hall–Kier alpha value is -5.47. The predicted octanol–water partition coefficient (Wildman–Crippen LogP) is 5.77. The number of nitriles is 1. The van der Waals surface area contributed by atoms with Crippen molar-refractivity contribution >= 4 is 39.2 Å². The van der Waals surface area contributed by atoms with E-state index in [0.29, 0.717) is 73.4 Å². The zero-order valence-corrected chi connectivity index (χ0v) is 24.5. The number of ether oxygens (including phenoxy) is 4. The van der Waals surface area contributed by atoms with Crippen molar-refractivity contribution in [1.29, 1.82) is 5.26 Å². The van der Waals surface area contributed by atoms with Crippen LogP contribution in [0, 0.1) is 11.3 Å². The summed E-state index contributed by atoms with van der Waals surface area (Å²) in [6.45, 7) is 2.88. The van der Waals surface area contributed by atoms with E-state index in [-0.39, 0.29) is 6.03 Å². The molecule has 1 saturated heterocycles. The number of hydrogen-bond acceptors (Lipinski definition) is 8. The fraction of sp³-hybridized carbons (Fsp3) is 0.242. The number of amides is 2. The van der Waals surface area contributed by atoms with Gasteiger partial charge in [0, 0.05) is 73.7 Å². The van der Waals surface area contributed by atoms with Crippen molar-refractivity contribution in [2.75, 3.05) is 63.8 Å². The van der Waals surface area contributed by atoms with Gasteiger partial charge in [-0.2, -0.15) is 5.26 Å². The second-order valence-electron chi connectivity index (χ2n) is 10.2. The predicted molar refractivity (Wildman–Crippen MR) is 168 cm³/mol. The van der Waals surface area contributed by atoms with Crippen LogP contribution < -0.4 is 24.4 Å². The Kier molecular flexibility index (Phi) is 8.34. The number of nitrogens with zero attached hydrogens (tertiary/aromatic N) is 4. The van der Waals surface area contributed by atoms with E-state index in [0.717, 1.165) is 27.7 Å². The molecular weight excluding hydrogens is 560 g/mol. The standard InChI is InChI=1S/C33H32N6O5/c1-41-16-17-43-31-19-28-26(18-30(31)42-2)32(22(20-34)21-36-28)38-12-14-39(15-13-38)33(40)37-23-6-8-24(9-7-23)44-29-5-3-4-27-25(29)10-11-35-27/h3-11,18-19,21,35H,12-17H2,1-2H3,(H,37,40). The second kappa shape index (κ2) is 12.8. The molecule has 2 N–H and O–H groups in total. The lowest BCUT2D eigenvalue weighted by Crippen LogP contribution is -2.50. The molecule has 1 aliphatic heterocycles.